The van der Waals surface area contributed by atoms with Gasteiger partial charge >= 0.3 is 0 Å². The quantitative estimate of drug-likeness (QED) is 0.738. The van der Waals surface area contributed by atoms with Crippen LogP contribution >= 0.6 is 11.6 Å². The van der Waals surface area contributed by atoms with E-state index in [2.05, 4.69) is 42.4 Å². The molecule has 21 heavy (non-hydrogen) atoms. The van der Waals surface area contributed by atoms with Gasteiger partial charge in [0, 0.05) is 26.2 Å². The van der Waals surface area contributed by atoms with Gasteiger partial charge in [-0.25, -0.2) is 4.98 Å². The number of nitrogens with zero attached hydrogens (tertiary/aromatic N) is 5. The fraction of sp³-hybridized carbons (Fsp3) is 0.733. The van der Waals surface area contributed by atoms with Gasteiger partial charge in [-0.1, -0.05) is 13.3 Å². The SMILES string of the molecule is CCCc1nn(C)c2c1nc(CCl)n2CCN(C)C(C)C. The average Bonchev–Trinajstić information content (AvgIpc) is 2.95. The number of fused-ring (bicyclic) bond motifs is 1. The summed E-state index contributed by atoms with van der Waals surface area (Å²) in [5.41, 5.74) is 3.19. The molecule has 0 bridgehead atoms. The minimum atomic E-state index is 0.436. The van der Waals surface area contributed by atoms with Gasteiger partial charge in [0.05, 0.1) is 11.6 Å². The normalized spacial score (nSPS) is 12.2. The Morgan fingerprint density at radius 2 is 2.05 bits per heavy atom. The molecule has 0 saturated heterocycles. The van der Waals surface area contributed by atoms with Crippen molar-refractivity contribution in [2.75, 3.05) is 13.6 Å². The number of imidazole rings is 1. The lowest BCUT2D eigenvalue weighted by Crippen LogP contribution is -2.30. The molecule has 0 aliphatic carbocycles. The lowest BCUT2D eigenvalue weighted by Gasteiger charge is -2.21. The van der Waals surface area contributed by atoms with Crippen LogP contribution in [-0.4, -0.2) is 43.9 Å². The van der Waals surface area contributed by atoms with Crippen LogP contribution < -0.4 is 0 Å². The van der Waals surface area contributed by atoms with Gasteiger partial charge in [0.15, 0.2) is 5.65 Å². The second-order valence-corrected chi connectivity index (χ2v) is 6.15. The molecule has 118 valence electrons. The highest BCUT2D eigenvalue weighted by Crippen LogP contribution is 2.21. The van der Waals surface area contributed by atoms with Gasteiger partial charge in [-0.15, -0.1) is 11.6 Å². The van der Waals surface area contributed by atoms with Gasteiger partial charge in [-0.3, -0.25) is 4.68 Å². The Morgan fingerprint density at radius 1 is 1.33 bits per heavy atom. The highest BCUT2D eigenvalue weighted by atomic mass is 35.5. The topological polar surface area (TPSA) is 38.9 Å². The summed E-state index contributed by atoms with van der Waals surface area (Å²) in [5, 5.41) is 4.61. The fourth-order valence-corrected chi connectivity index (χ4v) is 2.75. The van der Waals surface area contributed by atoms with Crippen LogP contribution in [0.5, 0.6) is 0 Å². The summed E-state index contributed by atoms with van der Waals surface area (Å²) < 4.78 is 4.16. The molecule has 0 radical (unpaired) electrons. The maximum atomic E-state index is 6.09. The zero-order chi connectivity index (χ0) is 15.6. The minimum Gasteiger partial charge on any atom is -0.311 e. The van der Waals surface area contributed by atoms with Crippen LogP contribution in [0.3, 0.4) is 0 Å². The van der Waals surface area contributed by atoms with Crippen molar-refractivity contribution in [2.24, 2.45) is 7.05 Å². The molecule has 5 nitrogen and oxygen atoms in total. The first kappa shape index (κ1) is 16.3. The van der Waals surface area contributed by atoms with Gasteiger partial charge in [0.2, 0.25) is 0 Å². The van der Waals surface area contributed by atoms with E-state index in [-0.39, 0.29) is 0 Å². The van der Waals surface area contributed by atoms with Crippen LogP contribution in [0, 0.1) is 0 Å². The van der Waals surface area contributed by atoms with Gasteiger partial charge in [0.1, 0.15) is 11.3 Å². The smallest absolute Gasteiger partial charge is 0.158 e. The highest BCUT2D eigenvalue weighted by Gasteiger charge is 2.18. The maximum absolute atomic E-state index is 6.09. The molecular formula is C15H26ClN5. The van der Waals surface area contributed by atoms with Crippen molar-refractivity contribution in [2.45, 2.75) is 52.1 Å². The van der Waals surface area contributed by atoms with Gasteiger partial charge in [-0.05, 0) is 27.3 Å². The molecule has 0 atom stereocenters. The molecule has 0 spiro atoms. The Hall–Kier alpha value is -1.07. The number of aryl methyl sites for hydroxylation is 2. The molecule has 2 aromatic rings. The van der Waals surface area contributed by atoms with Crippen molar-refractivity contribution in [1.29, 1.82) is 0 Å². The number of hydrogen-bond donors (Lipinski definition) is 0. The largest absolute Gasteiger partial charge is 0.311 e. The Labute approximate surface area is 131 Å². The summed E-state index contributed by atoms with van der Waals surface area (Å²) in [6.07, 6.45) is 2.03. The van der Waals surface area contributed by atoms with Crippen molar-refractivity contribution in [3.8, 4) is 0 Å². The number of alkyl halides is 1. The van der Waals surface area contributed by atoms with Crippen LogP contribution in [-0.2, 0) is 25.9 Å². The zero-order valence-electron chi connectivity index (χ0n) is 13.7. The number of likely N-dealkylation sites (N-methyl/N-ethyl adjacent to an activating group) is 1. The van der Waals surface area contributed by atoms with E-state index in [9.17, 15) is 0 Å². The van der Waals surface area contributed by atoms with E-state index in [4.69, 9.17) is 16.6 Å². The first-order valence-corrected chi connectivity index (χ1v) is 8.20. The van der Waals surface area contributed by atoms with E-state index in [0.717, 1.165) is 48.6 Å². The Bertz CT molecular complexity index is 599. The molecule has 0 saturated carbocycles. The van der Waals surface area contributed by atoms with Crippen LogP contribution in [0.25, 0.3) is 11.2 Å². The van der Waals surface area contributed by atoms with E-state index in [1.807, 2.05) is 11.7 Å². The molecule has 2 heterocycles. The van der Waals surface area contributed by atoms with Gasteiger partial charge < -0.3 is 9.47 Å². The summed E-state index contributed by atoms with van der Waals surface area (Å²) >= 11 is 6.09. The van der Waals surface area contributed by atoms with Crippen molar-refractivity contribution in [3.63, 3.8) is 0 Å². The predicted molar refractivity (Wildman–Crippen MR) is 87.8 cm³/mol. The third-order valence-corrected chi connectivity index (χ3v) is 4.27. The first-order chi connectivity index (χ1) is 9.99. The van der Waals surface area contributed by atoms with E-state index >= 15 is 0 Å². The second-order valence-electron chi connectivity index (χ2n) is 5.88. The predicted octanol–water partition coefficient (Wildman–Crippen LogP) is 2.80. The van der Waals surface area contributed by atoms with Gasteiger partial charge in [0.25, 0.3) is 0 Å². The van der Waals surface area contributed by atoms with E-state index in [0.29, 0.717) is 11.9 Å². The van der Waals surface area contributed by atoms with Crippen LogP contribution in [0.2, 0.25) is 0 Å². The number of aromatic nitrogens is 4. The number of rotatable bonds is 7. The van der Waals surface area contributed by atoms with Crippen LogP contribution in [0.4, 0.5) is 0 Å². The molecule has 0 amide bonds. The molecule has 0 fully saturated rings. The summed E-state index contributed by atoms with van der Waals surface area (Å²) in [6.45, 7) is 8.43. The van der Waals surface area contributed by atoms with E-state index in [1.54, 1.807) is 0 Å². The maximum Gasteiger partial charge on any atom is 0.158 e. The lowest BCUT2D eigenvalue weighted by molar-refractivity contribution is 0.263. The molecule has 2 aromatic heterocycles. The second kappa shape index (κ2) is 6.79. The molecule has 6 heteroatoms. The zero-order valence-corrected chi connectivity index (χ0v) is 14.5. The van der Waals surface area contributed by atoms with Crippen LogP contribution in [0.1, 0.15) is 38.7 Å². The monoisotopic (exact) mass is 311 g/mol. The van der Waals surface area contributed by atoms with Crippen molar-refractivity contribution in [1.82, 2.24) is 24.2 Å². The number of halogens is 1. The summed E-state index contributed by atoms with van der Waals surface area (Å²) in [4.78, 5) is 7.05. The van der Waals surface area contributed by atoms with E-state index in [1.165, 1.54) is 0 Å². The summed E-state index contributed by atoms with van der Waals surface area (Å²) in [6, 6.07) is 0.533. The lowest BCUT2D eigenvalue weighted by atomic mass is 10.2. The van der Waals surface area contributed by atoms with Crippen molar-refractivity contribution < 1.29 is 0 Å². The third kappa shape index (κ3) is 3.24. The average molecular weight is 312 g/mol. The third-order valence-electron chi connectivity index (χ3n) is 4.03. The molecular weight excluding hydrogens is 286 g/mol. The van der Waals surface area contributed by atoms with Crippen molar-refractivity contribution in [3.05, 3.63) is 11.5 Å². The number of hydrogen-bond acceptors (Lipinski definition) is 3. The molecule has 2 rings (SSSR count). The summed E-state index contributed by atoms with van der Waals surface area (Å²) in [7, 11) is 4.13. The Morgan fingerprint density at radius 3 is 2.62 bits per heavy atom. The van der Waals surface area contributed by atoms with Crippen molar-refractivity contribution >= 4 is 22.8 Å². The Balaban J connectivity index is 2.36. The molecule has 0 N–H and O–H groups in total. The fourth-order valence-electron chi connectivity index (χ4n) is 2.54. The first-order valence-electron chi connectivity index (χ1n) is 7.66. The molecule has 0 aliphatic heterocycles. The minimum absolute atomic E-state index is 0.436. The standard InChI is InChI=1S/C15H26ClN5/c1-6-7-12-14-15(20(5)18-12)21(13(10-16)17-14)9-8-19(4)11(2)3/h11H,6-10H2,1-5H3. The Kier molecular flexibility index (Phi) is 5.27. The van der Waals surface area contributed by atoms with Gasteiger partial charge in [-0.2, -0.15) is 5.10 Å². The molecule has 0 aromatic carbocycles. The molecule has 0 aliphatic rings. The highest BCUT2D eigenvalue weighted by molar-refractivity contribution is 6.16. The molecule has 0 unspecified atom stereocenters. The van der Waals surface area contributed by atoms with Crippen LogP contribution in [0.15, 0.2) is 0 Å². The van der Waals surface area contributed by atoms with E-state index < -0.39 is 0 Å². The summed E-state index contributed by atoms with van der Waals surface area (Å²) in [5.74, 6) is 1.38.